The second kappa shape index (κ2) is 6.47. The molecule has 0 amide bonds. The highest BCUT2D eigenvalue weighted by Gasteiger charge is 2.29. The first-order valence-electron chi connectivity index (χ1n) is 8.57. The van der Waals surface area contributed by atoms with Gasteiger partial charge in [-0.2, -0.15) is 0 Å². The molecule has 0 nitrogen and oxygen atoms in total. The Hall–Kier alpha value is -1.56. The Morgan fingerprint density at radius 1 is 0.810 bits per heavy atom. The Bertz CT molecular complexity index is 609. The second-order valence-corrected chi connectivity index (χ2v) is 6.26. The van der Waals surface area contributed by atoms with Gasteiger partial charge in [0.05, 0.1) is 0 Å². The summed E-state index contributed by atoms with van der Waals surface area (Å²) in [6, 6.07) is 16.0. The molecule has 0 aromatic heterocycles. The molecule has 1 unspecified atom stereocenters. The summed E-state index contributed by atoms with van der Waals surface area (Å²) in [5.41, 5.74) is 7.77. The maximum absolute atomic E-state index is 2.36. The minimum atomic E-state index is 0.629. The summed E-state index contributed by atoms with van der Waals surface area (Å²) in [5, 5.41) is 0. The van der Waals surface area contributed by atoms with E-state index in [4.69, 9.17) is 0 Å². The molecule has 0 saturated carbocycles. The van der Waals surface area contributed by atoms with Crippen LogP contribution in [0.4, 0.5) is 0 Å². The van der Waals surface area contributed by atoms with Gasteiger partial charge in [0.2, 0.25) is 0 Å². The summed E-state index contributed by atoms with van der Waals surface area (Å²) in [5.74, 6) is 0.629. The molecular weight excluding hydrogens is 252 g/mol. The van der Waals surface area contributed by atoms with Crippen molar-refractivity contribution in [1.82, 2.24) is 0 Å². The van der Waals surface area contributed by atoms with E-state index in [1.165, 1.54) is 49.7 Å². The van der Waals surface area contributed by atoms with Gasteiger partial charge in [0.1, 0.15) is 0 Å². The van der Waals surface area contributed by atoms with Gasteiger partial charge in [0.25, 0.3) is 0 Å². The van der Waals surface area contributed by atoms with Gasteiger partial charge in [-0.25, -0.2) is 0 Å². The molecule has 0 fully saturated rings. The van der Waals surface area contributed by atoms with Crippen LogP contribution in [0.2, 0.25) is 0 Å². The Kier molecular flexibility index (Phi) is 4.43. The van der Waals surface area contributed by atoms with Crippen molar-refractivity contribution in [2.75, 3.05) is 0 Å². The number of fused-ring (bicyclic) bond motifs is 3. The van der Waals surface area contributed by atoms with Crippen LogP contribution < -0.4 is 0 Å². The van der Waals surface area contributed by atoms with Gasteiger partial charge >= 0.3 is 0 Å². The lowest BCUT2D eigenvalue weighted by atomic mass is 9.87. The smallest absolute Gasteiger partial charge is 0.0104 e. The Morgan fingerprint density at radius 2 is 1.57 bits per heavy atom. The number of aryl methyl sites for hydroxylation is 1. The zero-order chi connectivity index (χ0) is 14.7. The number of unbranched alkanes of at least 4 members (excludes halogenated alkanes) is 2. The molecule has 0 heteroatoms. The molecule has 110 valence electrons. The van der Waals surface area contributed by atoms with E-state index in [2.05, 4.69) is 56.3 Å². The lowest BCUT2D eigenvalue weighted by Gasteiger charge is -2.17. The van der Waals surface area contributed by atoms with Crippen LogP contribution in [0.25, 0.3) is 11.1 Å². The van der Waals surface area contributed by atoms with Crippen molar-refractivity contribution in [3.8, 4) is 11.1 Å². The predicted molar refractivity (Wildman–Crippen MR) is 91.9 cm³/mol. The van der Waals surface area contributed by atoms with E-state index in [0.717, 1.165) is 0 Å². The van der Waals surface area contributed by atoms with Gasteiger partial charge in [0.15, 0.2) is 0 Å². The van der Waals surface area contributed by atoms with Gasteiger partial charge in [0, 0.05) is 5.92 Å². The standard InChI is InChI=1S/C21H26/c1-3-5-10-16-11-9-15-20-18-14-8-7-13-17(18)19(21(16)20)12-6-4-2/h7-9,11,13-15,19H,3-6,10,12H2,1-2H3. The van der Waals surface area contributed by atoms with Gasteiger partial charge in [-0.15, -0.1) is 0 Å². The highest BCUT2D eigenvalue weighted by Crippen LogP contribution is 2.48. The lowest BCUT2D eigenvalue weighted by molar-refractivity contribution is 0.652. The molecule has 3 rings (SSSR count). The largest absolute Gasteiger partial charge is 0.0654 e. The van der Waals surface area contributed by atoms with E-state index in [9.17, 15) is 0 Å². The van der Waals surface area contributed by atoms with Crippen molar-refractivity contribution < 1.29 is 0 Å². The molecular formula is C21H26. The van der Waals surface area contributed by atoms with Crippen LogP contribution >= 0.6 is 0 Å². The molecule has 1 aliphatic carbocycles. The van der Waals surface area contributed by atoms with Crippen LogP contribution in [-0.4, -0.2) is 0 Å². The van der Waals surface area contributed by atoms with Crippen molar-refractivity contribution in [3.05, 3.63) is 59.2 Å². The first kappa shape index (κ1) is 14.4. The fourth-order valence-electron chi connectivity index (χ4n) is 3.75. The summed E-state index contributed by atoms with van der Waals surface area (Å²) in [6.07, 6.45) is 7.70. The normalized spacial score (nSPS) is 15.8. The molecule has 1 atom stereocenters. The first-order chi connectivity index (χ1) is 10.4. The van der Waals surface area contributed by atoms with Crippen LogP contribution in [0.1, 0.15) is 68.6 Å². The third kappa shape index (κ3) is 2.64. The third-order valence-corrected chi connectivity index (χ3v) is 4.82. The van der Waals surface area contributed by atoms with E-state index < -0.39 is 0 Å². The molecule has 2 aromatic carbocycles. The topological polar surface area (TPSA) is 0 Å². The summed E-state index contributed by atoms with van der Waals surface area (Å²) in [7, 11) is 0. The maximum Gasteiger partial charge on any atom is 0.0104 e. The SMILES string of the molecule is CCCCc1cccc2c1C(CCCC)c1ccccc1-2. The predicted octanol–water partition coefficient (Wildman–Crippen LogP) is 6.33. The number of hydrogen-bond acceptors (Lipinski definition) is 0. The molecule has 0 heterocycles. The van der Waals surface area contributed by atoms with Crippen LogP contribution in [0, 0.1) is 0 Å². The Labute approximate surface area is 129 Å². The number of benzene rings is 2. The van der Waals surface area contributed by atoms with Crippen LogP contribution in [-0.2, 0) is 6.42 Å². The molecule has 2 aromatic rings. The zero-order valence-electron chi connectivity index (χ0n) is 13.4. The molecule has 0 saturated heterocycles. The van der Waals surface area contributed by atoms with E-state index in [-0.39, 0.29) is 0 Å². The highest BCUT2D eigenvalue weighted by atomic mass is 14.3. The second-order valence-electron chi connectivity index (χ2n) is 6.26. The van der Waals surface area contributed by atoms with Gasteiger partial charge in [-0.05, 0) is 47.1 Å². The molecule has 21 heavy (non-hydrogen) atoms. The van der Waals surface area contributed by atoms with Crippen molar-refractivity contribution in [3.63, 3.8) is 0 Å². The van der Waals surface area contributed by atoms with E-state index >= 15 is 0 Å². The van der Waals surface area contributed by atoms with Gasteiger partial charge in [-0.1, -0.05) is 75.6 Å². The van der Waals surface area contributed by atoms with Crippen LogP contribution in [0.15, 0.2) is 42.5 Å². The quantitative estimate of drug-likeness (QED) is 0.579. The van der Waals surface area contributed by atoms with Crippen molar-refractivity contribution in [1.29, 1.82) is 0 Å². The van der Waals surface area contributed by atoms with E-state index in [1.807, 2.05) is 0 Å². The minimum absolute atomic E-state index is 0.629. The Balaban J connectivity index is 2.06. The summed E-state index contributed by atoms with van der Waals surface area (Å²) in [6.45, 7) is 4.58. The van der Waals surface area contributed by atoms with E-state index in [1.54, 1.807) is 16.7 Å². The average Bonchev–Trinajstić information content (AvgIpc) is 2.85. The maximum atomic E-state index is 2.36. The highest BCUT2D eigenvalue weighted by molar-refractivity contribution is 5.80. The summed E-state index contributed by atoms with van der Waals surface area (Å²) in [4.78, 5) is 0. The lowest BCUT2D eigenvalue weighted by Crippen LogP contribution is -2.01. The monoisotopic (exact) mass is 278 g/mol. The fraction of sp³-hybridized carbons (Fsp3) is 0.429. The third-order valence-electron chi connectivity index (χ3n) is 4.82. The van der Waals surface area contributed by atoms with Gasteiger partial charge < -0.3 is 0 Å². The Morgan fingerprint density at radius 3 is 2.38 bits per heavy atom. The summed E-state index contributed by atoms with van der Waals surface area (Å²) < 4.78 is 0. The molecule has 0 radical (unpaired) electrons. The van der Waals surface area contributed by atoms with Crippen molar-refractivity contribution in [2.45, 2.75) is 58.3 Å². The number of rotatable bonds is 6. The summed E-state index contributed by atoms with van der Waals surface area (Å²) >= 11 is 0. The van der Waals surface area contributed by atoms with E-state index in [0.29, 0.717) is 5.92 Å². The zero-order valence-corrected chi connectivity index (χ0v) is 13.4. The van der Waals surface area contributed by atoms with Crippen LogP contribution in [0.5, 0.6) is 0 Å². The molecule has 0 spiro atoms. The molecule has 0 aliphatic heterocycles. The van der Waals surface area contributed by atoms with Crippen LogP contribution in [0.3, 0.4) is 0 Å². The number of hydrogen-bond donors (Lipinski definition) is 0. The minimum Gasteiger partial charge on any atom is -0.0654 e. The van der Waals surface area contributed by atoms with Crippen molar-refractivity contribution >= 4 is 0 Å². The van der Waals surface area contributed by atoms with Gasteiger partial charge in [-0.3, -0.25) is 0 Å². The molecule has 0 N–H and O–H groups in total. The fourth-order valence-corrected chi connectivity index (χ4v) is 3.75. The molecule has 1 aliphatic rings. The first-order valence-corrected chi connectivity index (χ1v) is 8.57. The average molecular weight is 278 g/mol. The molecule has 0 bridgehead atoms. The van der Waals surface area contributed by atoms with Crippen molar-refractivity contribution in [2.24, 2.45) is 0 Å².